The molecular weight excluding hydrogens is 264 g/mol. The highest BCUT2D eigenvalue weighted by Crippen LogP contribution is 2.10. The number of carboxylic acids is 2. The number of carbonyl (C=O) groups excluding carboxylic acids is 1. The fraction of sp³-hybridized carbons (Fsp3) is 0.615. The minimum atomic E-state index is -1.15. The van der Waals surface area contributed by atoms with E-state index in [-0.39, 0.29) is 19.3 Å². The summed E-state index contributed by atoms with van der Waals surface area (Å²) in [5.41, 5.74) is 1.07. The Morgan fingerprint density at radius 2 is 2.10 bits per heavy atom. The molecule has 0 aromatic carbocycles. The maximum absolute atomic E-state index is 12.0. The molecule has 0 aliphatic carbocycles. The average Bonchev–Trinajstić information content (AvgIpc) is 2.36. The normalized spacial score (nSPS) is 16.2. The molecule has 0 unspecified atom stereocenters. The molecule has 7 nitrogen and oxygen atoms in total. The summed E-state index contributed by atoms with van der Waals surface area (Å²) in [6.07, 6.45) is 3.02. The van der Waals surface area contributed by atoms with E-state index in [1.54, 1.807) is 4.90 Å². The summed E-state index contributed by atoms with van der Waals surface area (Å²) in [5.74, 6) is -2.12. The number of amides is 2. The van der Waals surface area contributed by atoms with E-state index in [0.29, 0.717) is 13.1 Å². The van der Waals surface area contributed by atoms with Crippen LogP contribution in [-0.2, 0) is 9.59 Å². The summed E-state index contributed by atoms with van der Waals surface area (Å²) in [5, 5.41) is 20.0. The molecule has 1 aliphatic heterocycles. The molecule has 0 saturated heterocycles. The highest BCUT2D eigenvalue weighted by Gasteiger charge is 2.24. The van der Waals surface area contributed by atoms with Crippen LogP contribution < -0.4 is 5.32 Å². The molecule has 3 N–H and O–H groups in total. The third-order valence-electron chi connectivity index (χ3n) is 3.10. The summed E-state index contributed by atoms with van der Waals surface area (Å²) in [4.78, 5) is 35.0. The van der Waals surface area contributed by atoms with Crippen molar-refractivity contribution in [1.82, 2.24) is 10.2 Å². The number of rotatable bonds is 6. The van der Waals surface area contributed by atoms with Crippen LogP contribution >= 0.6 is 0 Å². The molecule has 1 rings (SSSR count). The minimum absolute atomic E-state index is 0.106. The summed E-state index contributed by atoms with van der Waals surface area (Å²) in [6.45, 7) is 2.97. The van der Waals surface area contributed by atoms with E-state index in [9.17, 15) is 14.4 Å². The number of hydrogen-bond donors (Lipinski definition) is 3. The van der Waals surface area contributed by atoms with Crippen molar-refractivity contribution in [3.8, 4) is 0 Å². The van der Waals surface area contributed by atoms with Gasteiger partial charge in [-0.25, -0.2) is 9.59 Å². The van der Waals surface area contributed by atoms with Crippen LogP contribution in [0.1, 0.15) is 32.6 Å². The van der Waals surface area contributed by atoms with E-state index >= 15 is 0 Å². The zero-order chi connectivity index (χ0) is 15.1. The summed E-state index contributed by atoms with van der Waals surface area (Å²) in [6, 6.07) is -1.46. The number of nitrogens with one attached hydrogen (secondary N) is 1. The molecule has 112 valence electrons. The molecule has 0 radical (unpaired) electrons. The van der Waals surface area contributed by atoms with Gasteiger partial charge in [-0.1, -0.05) is 11.6 Å². The molecule has 1 aliphatic rings. The Kier molecular flexibility index (Phi) is 6.02. The first-order chi connectivity index (χ1) is 9.40. The molecule has 1 atom stereocenters. The Labute approximate surface area is 117 Å². The quantitative estimate of drug-likeness (QED) is 0.632. The van der Waals surface area contributed by atoms with Gasteiger partial charge in [0.25, 0.3) is 0 Å². The second kappa shape index (κ2) is 7.52. The van der Waals surface area contributed by atoms with E-state index in [4.69, 9.17) is 10.2 Å². The zero-order valence-electron chi connectivity index (χ0n) is 11.5. The zero-order valence-corrected chi connectivity index (χ0v) is 11.5. The van der Waals surface area contributed by atoms with Gasteiger partial charge in [-0.3, -0.25) is 4.79 Å². The Bertz CT molecular complexity index is 419. The fourth-order valence-electron chi connectivity index (χ4n) is 2.04. The standard InChI is InChI=1S/C13H20N2O5/c1-9-4-3-7-15(8-9)13(20)14-10(12(18)19)5-2-6-11(16)17/h4,10H,2-3,5-8H2,1H3,(H,14,20)(H,16,17)(H,18,19)/t10-/m1/s1. The second-order valence-corrected chi connectivity index (χ2v) is 4.89. The van der Waals surface area contributed by atoms with Crippen molar-refractivity contribution in [2.45, 2.75) is 38.6 Å². The van der Waals surface area contributed by atoms with Gasteiger partial charge >= 0.3 is 18.0 Å². The summed E-state index contributed by atoms with van der Waals surface area (Å²) >= 11 is 0. The van der Waals surface area contributed by atoms with Gasteiger partial charge in [-0.05, 0) is 26.2 Å². The van der Waals surface area contributed by atoms with Crippen molar-refractivity contribution in [2.75, 3.05) is 13.1 Å². The van der Waals surface area contributed by atoms with Gasteiger partial charge in [0.2, 0.25) is 0 Å². The molecule has 0 aromatic rings. The molecular formula is C13H20N2O5. The van der Waals surface area contributed by atoms with Crippen molar-refractivity contribution in [3.63, 3.8) is 0 Å². The smallest absolute Gasteiger partial charge is 0.326 e. The predicted octanol–water partition coefficient (Wildman–Crippen LogP) is 1.06. The lowest BCUT2D eigenvalue weighted by Crippen LogP contribution is -2.49. The van der Waals surface area contributed by atoms with E-state index in [0.717, 1.165) is 12.0 Å². The summed E-state index contributed by atoms with van der Waals surface area (Å²) in [7, 11) is 0. The number of carboxylic acid groups (broad SMARTS) is 2. The van der Waals surface area contributed by atoms with Crippen LogP contribution in [0.25, 0.3) is 0 Å². The monoisotopic (exact) mass is 284 g/mol. The van der Waals surface area contributed by atoms with Crippen LogP contribution in [0, 0.1) is 0 Å². The highest BCUT2D eigenvalue weighted by molar-refractivity contribution is 5.82. The van der Waals surface area contributed by atoms with Gasteiger partial charge in [0.15, 0.2) is 0 Å². The Balaban J connectivity index is 2.48. The first-order valence-electron chi connectivity index (χ1n) is 6.56. The largest absolute Gasteiger partial charge is 0.481 e. The van der Waals surface area contributed by atoms with Gasteiger partial charge in [-0.15, -0.1) is 0 Å². The molecule has 0 bridgehead atoms. The molecule has 7 heteroatoms. The van der Waals surface area contributed by atoms with Crippen LogP contribution in [-0.4, -0.2) is 52.2 Å². The Hall–Kier alpha value is -2.05. The Morgan fingerprint density at radius 3 is 2.65 bits per heavy atom. The van der Waals surface area contributed by atoms with Crippen LogP contribution in [0.2, 0.25) is 0 Å². The third-order valence-corrected chi connectivity index (χ3v) is 3.10. The SMILES string of the molecule is CC1=CCCN(C(=O)N[C@H](CCCC(=O)O)C(=O)O)C1. The van der Waals surface area contributed by atoms with Crippen molar-refractivity contribution >= 4 is 18.0 Å². The summed E-state index contributed by atoms with van der Waals surface area (Å²) < 4.78 is 0. The molecule has 1 heterocycles. The van der Waals surface area contributed by atoms with Crippen molar-refractivity contribution in [2.24, 2.45) is 0 Å². The van der Waals surface area contributed by atoms with Crippen molar-refractivity contribution in [1.29, 1.82) is 0 Å². The van der Waals surface area contributed by atoms with E-state index < -0.39 is 24.0 Å². The van der Waals surface area contributed by atoms with E-state index in [1.165, 1.54) is 0 Å². The molecule has 0 fully saturated rings. The topological polar surface area (TPSA) is 107 Å². The minimum Gasteiger partial charge on any atom is -0.481 e. The van der Waals surface area contributed by atoms with E-state index in [1.807, 2.05) is 13.0 Å². The van der Waals surface area contributed by atoms with Crippen LogP contribution in [0.5, 0.6) is 0 Å². The van der Waals surface area contributed by atoms with Gasteiger partial charge in [0.05, 0.1) is 0 Å². The number of urea groups is 1. The maximum Gasteiger partial charge on any atom is 0.326 e. The fourth-order valence-corrected chi connectivity index (χ4v) is 2.04. The molecule has 0 saturated carbocycles. The number of aliphatic carboxylic acids is 2. The molecule has 0 spiro atoms. The van der Waals surface area contributed by atoms with Crippen molar-refractivity contribution < 1.29 is 24.6 Å². The molecule has 0 aromatic heterocycles. The molecule has 20 heavy (non-hydrogen) atoms. The van der Waals surface area contributed by atoms with E-state index in [2.05, 4.69) is 5.32 Å². The third kappa shape index (κ3) is 5.29. The van der Waals surface area contributed by atoms with Crippen LogP contribution in [0.3, 0.4) is 0 Å². The maximum atomic E-state index is 12.0. The first-order valence-corrected chi connectivity index (χ1v) is 6.56. The Morgan fingerprint density at radius 1 is 1.40 bits per heavy atom. The van der Waals surface area contributed by atoms with Gasteiger partial charge < -0.3 is 20.4 Å². The lowest BCUT2D eigenvalue weighted by Gasteiger charge is -2.27. The van der Waals surface area contributed by atoms with Crippen LogP contribution in [0.4, 0.5) is 4.79 Å². The van der Waals surface area contributed by atoms with Crippen LogP contribution in [0.15, 0.2) is 11.6 Å². The van der Waals surface area contributed by atoms with Gasteiger partial charge in [-0.2, -0.15) is 0 Å². The van der Waals surface area contributed by atoms with Crippen molar-refractivity contribution in [3.05, 3.63) is 11.6 Å². The lowest BCUT2D eigenvalue weighted by atomic mass is 10.1. The lowest BCUT2D eigenvalue weighted by molar-refractivity contribution is -0.140. The number of carbonyl (C=O) groups is 3. The first kappa shape index (κ1) is 16.0. The molecule has 2 amide bonds. The van der Waals surface area contributed by atoms with Gasteiger partial charge in [0.1, 0.15) is 6.04 Å². The second-order valence-electron chi connectivity index (χ2n) is 4.89. The highest BCUT2D eigenvalue weighted by atomic mass is 16.4. The number of hydrogen-bond acceptors (Lipinski definition) is 3. The number of nitrogens with zero attached hydrogens (tertiary/aromatic N) is 1. The average molecular weight is 284 g/mol. The predicted molar refractivity (Wildman–Crippen MR) is 71.4 cm³/mol. The van der Waals surface area contributed by atoms with Gasteiger partial charge in [0, 0.05) is 19.5 Å².